The average Bonchev–Trinajstić information content (AvgIpc) is 2.39. The lowest BCUT2D eigenvalue weighted by Gasteiger charge is -2.26. The van der Waals surface area contributed by atoms with E-state index in [0.29, 0.717) is 11.3 Å². The van der Waals surface area contributed by atoms with E-state index in [1.807, 2.05) is 16.7 Å². The number of benzene rings is 1. The van der Waals surface area contributed by atoms with Crippen LogP contribution in [0.15, 0.2) is 24.3 Å². The number of anilines is 1. The van der Waals surface area contributed by atoms with Crippen molar-refractivity contribution >= 4 is 29.4 Å². The van der Waals surface area contributed by atoms with Gasteiger partial charge in [0, 0.05) is 35.8 Å². The van der Waals surface area contributed by atoms with Gasteiger partial charge in [-0.2, -0.15) is 11.8 Å². The number of carbonyl (C=O) groups is 2. The fourth-order valence-electron chi connectivity index (χ4n) is 1.79. The van der Waals surface area contributed by atoms with Gasteiger partial charge in [-0.05, 0) is 24.3 Å². The second kappa shape index (κ2) is 5.77. The molecule has 1 aliphatic rings. The molecule has 2 rings (SSSR count). The molecule has 6 heteroatoms. The minimum absolute atomic E-state index is 0.0425. The molecule has 1 heterocycles. The van der Waals surface area contributed by atoms with Crippen LogP contribution in [-0.2, 0) is 0 Å². The zero-order valence-corrected chi connectivity index (χ0v) is 10.7. The number of amides is 3. The van der Waals surface area contributed by atoms with Gasteiger partial charge in [0.1, 0.15) is 0 Å². The van der Waals surface area contributed by atoms with E-state index in [2.05, 4.69) is 5.32 Å². The van der Waals surface area contributed by atoms with Crippen molar-refractivity contribution in [1.82, 2.24) is 4.90 Å². The minimum Gasteiger partial charge on any atom is -0.351 e. The average molecular weight is 265 g/mol. The van der Waals surface area contributed by atoms with E-state index in [4.69, 9.17) is 5.73 Å². The van der Waals surface area contributed by atoms with Crippen molar-refractivity contribution < 1.29 is 9.59 Å². The van der Waals surface area contributed by atoms with Crippen molar-refractivity contribution in [3.05, 3.63) is 29.8 Å². The third-order valence-corrected chi connectivity index (χ3v) is 3.64. The number of nitrogens with two attached hydrogens (primary N) is 1. The van der Waals surface area contributed by atoms with Gasteiger partial charge in [-0.25, -0.2) is 4.79 Å². The van der Waals surface area contributed by atoms with E-state index in [-0.39, 0.29) is 5.91 Å². The number of primary amides is 1. The smallest absolute Gasteiger partial charge is 0.316 e. The van der Waals surface area contributed by atoms with Crippen molar-refractivity contribution in [1.29, 1.82) is 0 Å². The Morgan fingerprint density at radius 3 is 2.33 bits per heavy atom. The molecule has 1 fully saturated rings. The Hall–Kier alpha value is -1.69. The maximum atomic E-state index is 12.1. The molecule has 5 nitrogen and oxygen atoms in total. The van der Waals surface area contributed by atoms with Crippen molar-refractivity contribution in [2.24, 2.45) is 5.73 Å². The number of hydrogen-bond donors (Lipinski definition) is 2. The molecule has 0 aromatic heterocycles. The molecular weight excluding hydrogens is 250 g/mol. The number of nitrogens with zero attached hydrogens (tertiary/aromatic N) is 1. The normalized spacial score (nSPS) is 15.2. The standard InChI is InChI=1S/C12H15N3O2S/c13-12(17)14-10-3-1-9(2-4-10)11(16)15-5-7-18-8-6-15/h1-4H,5-8H2,(H3,13,14,17). The van der Waals surface area contributed by atoms with Gasteiger partial charge in [0.25, 0.3) is 5.91 Å². The molecule has 3 amide bonds. The Morgan fingerprint density at radius 2 is 1.78 bits per heavy atom. The second-order valence-corrected chi connectivity index (χ2v) is 5.20. The maximum absolute atomic E-state index is 12.1. The van der Waals surface area contributed by atoms with Gasteiger partial charge in [0.2, 0.25) is 0 Å². The summed E-state index contributed by atoms with van der Waals surface area (Å²) in [6.45, 7) is 1.59. The van der Waals surface area contributed by atoms with Crippen LogP contribution in [-0.4, -0.2) is 41.4 Å². The summed E-state index contributed by atoms with van der Waals surface area (Å²) in [5.74, 6) is 2.03. The molecule has 1 aromatic rings. The first kappa shape index (κ1) is 12.8. The molecule has 1 aliphatic heterocycles. The Morgan fingerprint density at radius 1 is 1.17 bits per heavy atom. The summed E-state index contributed by atoms with van der Waals surface area (Å²) in [7, 11) is 0. The van der Waals surface area contributed by atoms with Crippen LogP contribution in [0.3, 0.4) is 0 Å². The molecule has 1 saturated heterocycles. The lowest BCUT2D eigenvalue weighted by Crippen LogP contribution is -2.37. The lowest BCUT2D eigenvalue weighted by molar-refractivity contribution is 0.0772. The molecule has 0 aliphatic carbocycles. The van der Waals surface area contributed by atoms with Crippen LogP contribution in [0, 0.1) is 0 Å². The Labute approximate surface area is 110 Å². The van der Waals surface area contributed by atoms with Gasteiger partial charge in [-0.15, -0.1) is 0 Å². The zero-order valence-electron chi connectivity index (χ0n) is 9.89. The van der Waals surface area contributed by atoms with Gasteiger partial charge in [0.05, 0.1) is 0 Å². The summed E-state index contributed by atoms with van der Waals surface area (Å²) in [6, 6.07) is 6.15. The first-order valence-electron chi connectivity index (χ1n) is 5.70. The van der Waals surface area contributed by atoms with E-state index >= 15 is 0 Å². The summed E-state index contributed by atoms with van der Waals surface area (Å²) in [4.78, 5) is 24.7. The summed E-state index contributed by atoms with van der Waals surface area (Å²) in [5, 5.41) is 2.46. The number of thioether (sulfide) groups is 1. The van der Waals surface area contributed by atoms with Gasteiger partial charge in [-0.3, -0.25) is 4.79 Å². The quantitative estimate of drug-likeness (QED) is 0.848. The minimum atomic E-state index is -0.609. The van der Waals surface area contributed by atoms with Crippen LogP contribution in [0.25, 0.3) is 0 Å². The van der Waals surface area contributed by atoms with Crippen LogP contribution in [0.4, 0.5) is 10.5 Å². The van der Waals surface area contributed by atoms with Crippen LogP contribution >= 0.6 is 11.8 Å². The van der Waals surface area contributed by atoms with E-state index in [1.54, 1.807) is 24.3 Å². The topological polar surface area (TPSA) is 75.4 Å². The molecule has 0 saturated carbocycles. The highest BCUT2D eigenvalue weighted by atomic mass is 32.2. The SMILES string of the molecule is NC(=O)Nc1ccc(C(=O)N2CCSCC2)cc1. The van der Waals surface area contributed by atoms with E-state index in [9.17, 15) is 9.59 Å². The highest BCUT2D eigenvalue weighted by Gasteiger charge is 2.18. The largest absolute Gasteiger partial charge is 0.351 e. The molecule has 3 N–H and O–H groups in total. The predicted octanol–water partition coefficient (Wildman–Crippen LogP) is 1.37. The lowest BCUT2D eigenvalue weighted by atomic mass is 10.2. The molecule has 0 atom stereocenters. The summed E-state index contributed by atoms with van der Waals surface area (Å²) < 4.78 is 0. The first-order chi connectivity index (χ1) is 8.66. The van der Waals surface area contributed by atoms with Gasteiger partial charge in [-0.1, -0.05) is 0 Å². The monoisotopic (exact) mass is 265 g/mol. The molecule has 0 radical (unpaired) electrons. The van der Waals surface area contributed by atoms with Crippen LogP contribution in [0.1, 0.15) is 10.4 Å². The zero-order chi connectivity index (χ0) is 13.0. The maximum Gasteiger partial charge on any atom is 0.316 e. The number of rotatable bonds is 2. The molecule has 1 aromatic carbocycles. The van der Waals surface area contributed by atoms with Crippen molar-refractivity contribution in [2.45, 2.75) is 0 Å². The first-order valence-corrected chi connectivity index (χ1v) is 6.86. The van der Waals surface area contributed by atoms with Gasteiger partial charge >= 0.3 is 6.03 Å². The fourth-order valence-corrected chi connectivity index (χ4v) is 2.69. The summed E-state index contributed by atoms with van der Waals surface area (Å²) in [6.07, 6.45) is 0. The van der Waals surface area contributed by atoms with E-state index in [1.165, 1.54) is 0 Å². The van der Waals surface area contributed by atoms with Crippen LogP contribution in [0.2, 0.25) is 0 Å². The molecule has 0 spiro atoms. The highest BCUT2D eigenvalue weighted by Crippen LogP contribution is 2.15. The van der Waals surface area contributed by atoms with Crippen molar-refractivity contribution in [2.75, 3.05) is 29.9 Å². The van der Waals surface area contributed by atoms with Crippen LogP contribution in [0.5, 0.6) is 0 Å². The molecule has 18 heavy (non-hydrogen) atoms. The van der Waals surface area contributed by atoms with E-state index < -0.39 is 6.03 Å². The molecule has 96 valence electrons. The van der Waals surface area contributed by atoms with Gasteiger partial charge < -0.3 is 16.0 Å². The van der Waals surface area contributed by atoms with Crippen molar-refractivity contribution in [3.8, 4) is 0 Å². The highest BCUT2D eigenvalue weighted by molar-refractivity contribution is 7.99. The third-order valence-electron chi connectivity index (χ3n) is 2.70. The summed E-state index contributed by atoms with van der Waals surface area (Å²) in [5.41, 5.74) is 6.24. The fraction of sp³-hybridized carbons (Fsp3) is 0.333. The summed E-state index contributed by atoms with van der Waals surface area (Å²) >= 11 is 1.87. The van der Waals surface area contributed by atoms with Crippen LogP contribution < -0.4 is 11.1 Å². The predicted molar refractivity (Wildman–Crippen MR) is 72.9 cm³/mol. The second-order valence-electron chi connectivity index (χ2n) is 3.97. The molecule has 0 bridgehead atoms. The Bertz CT molecular complexity index is 441. The Balaban J connectivity index is 2.04. The third kappa shape index (κ3) is 3.16. The molecular formula is C12H15N3O2S. The Kier molecular flexibility index (Phi) is 4.09. The number of nitrogens with one attached hydrogen (secondary N) is 1. The number of urea groups is 1. The van der Waals surface area contributed by atoms with E-state index in [0.717, 1.165) is 24.6 Å². The van der Waals surface area contributed by atoms with Crippen molar-refractivity contribution in [3.63, 3.8) is 0 Å². The number of carbonyl (C=O) groups excluding carboxylic acids is 2. The number of hydrogen-bond acceptors (Lipinski definition) is 3. The molecule has 0 unspecified atom stereocenters. The van der Waals surface area contributed by atoms with Gasteiger partial charge in [0.15, 0.2) is 0 Å².